The number of hydrogen-bond donors (Lipinski definition) is 1. The smallest absolute Gasteiger partial charge is 0.134 e. The molecule has 4 heteroatoms. The van der Waals surface area contributed by atoms with Crippen LogP contribution in [-0.4, -0.2) is 16.5 Å². The number of nitrogens with zero attached hydrogens (tertiary/aromatic N) is 2. The lowest BCUT2D eigenvalue weighted by molar-refractivity contribution is 0.456. The molecule has 106 valence electrons. The second-order valence-corrected chi connectivity index (χ2v) is 6.56. The van der Waals surface area contributed by atoms with Gasteiger partial charge >= 0.3 is 0 Å². The Labute approximate surface area is 128 Å². The zero-order valence-electron chi connectivity index (χ0n) is 12.2. The van der Waals surface area contributed by atoms with Gasteiger partial charge in [-0.2, -0.15) is 0 Å². The van der Waals surface area contributed by atoms with Crippen LogP contribution in [0.3, 0.4) is 0 Å². The molecule has 0 radical (unpaired) electrons. The summed E-state index contributed by atoms with van der Waals surface area (Å²) >= 11 is 3.45. The molecule has 2 N–H and O–H groups in total. The molecule has 0 atom stereocenters. The van der Waals surface area contributed by atoms with E-state index in [1.54, 1.807) is 0 Å². The molecule has 0 spiro atoms. The van der Waals surface area contributed by atoms with Gasteiger partial charge < -0.3 is 5.73 Å². The molecular formula is C16H20BrN3. The highest BCUT2D eigenvalue weighted by Crippen LogP contribution is 2.27. The maximum atomic E-state index is 5.70. The number of aryl methyl sites for hydroxylation is 1. The molecule has 0 saturated carbocycles. The average molecular weight is 334 g/mol. The minimum absolute atomic E-state index is 0.106. The van der Waals surface area contributed by atoms with Gasteiger partial charge in [-0.3, -0.25) is 0 Å². The third kappa shape index (κ3) is 3.44. The van der Waals surface area contributed by atoms with E-state index >= 15 is 0 Å². The summed E-state index contributed by atoms with van der Waals surface area (Å²) in [6.45, 7) is 6.92. The van der Waals surface area contributed by atoms with E-state index < -0.39 is 0 Å². The minimum Gasteiger partial charge on any atom is -0.330 e. The van der Waals surface area contributed by atoms with Crippen molar-refractivity contribution in [2.45, 2.75) is 32.6 Å². The Morgan fingerprint density at radius 3 is 2.40 bits per heavy atom. The van der Waals surface area contributed by atoms with Crippen molar-refractivity contribution in [3.05, 3.63) is 46.3 Å². The van der Waals surface area contributed by atoms with E-state index in [1.165, 1.54) is 0 Å². The van der Waals surface area contributed by atoms with Crippen molar-refractivity contribution in [2.24, 2.45) is 5.73 Å². The maximum Gasteiger partial charge on any atom is 0.134 e. The number of benzene rings is 1. The Balaban J connectivity index is 2.46. The van der Waals surface area contributed by atoms with Crippen LogP contribution in [0.5, 0.6) is 0 Å². The van der Waals surface area contributed by atoms with Crippen LogP contribution >= 0.6 is 15.9 Å². The van der Waals surface area contributed by atoms with Gasteiger partial charge in [0.2, 0.25) is 0 Å². The maximum absolute atomic E-state index is 5.70. The summed E-state index contributed by atoms with van der Waals surface area (Å²) in [5, 5.41) is 0. The van der Waals surface area contributed by atoms with Crippen LogP contribution in [0.15, 0.2) is 34.8 Å². The Bertz CT molecular complexity index is 591. The van der Waals surface area contributed by atoms with E-state index in [-0.39, 0.29) is 5.41 Å². The molecule has 3 nitrogen and oxygen atoms in total. The van der Waals surface area contributed by atoms with Gasteiger partial charge in [0.15, 0.2) is 0 Å². The first-order chi connectivity index (χ1) is 9.42. The quantitative estimate of drug-likeness (QED) is 0.924. The highest BCUT2D eigenvalue weighted by Gasteiger charge is 2.24. The Hall–Kier alpha value is -1.26. The van der Waals surface area contributed by atoms with Gasteiger partial charge in [-0.05, 0) is 38.1 Å². The van der Waals surface area contributed by atoms with E-state index in [4.69, 9.17) is 10.7 Å². The van der Waals surface area contributed by atoms with Gasteiger partial charge in [-0.1, -0.05) is 41.9 Å². The largest absolute Gasteiger partial charge is 0.330 e. The van der Waals surface area contributed by atoms with Crippen LogP contribution in [0.1, 0.15) is 31.8 Å². The van der Waals surface area contributed by atoms with Gasteiger partial charge in [0.1, 0.15) is 5.82 Å². The zero-order chi connectivity index (χ0) is 14.8. The molecule has 20 heavy (non-hydrogen) atoms. The van der Waals surface area contributed by atoms with Crippen molar-refractivity contribution >= 4 is 15.9 Å². The fourth-order valence-corrected chi connectivity index (χ4v) is 2.38. The van der Waals surface area contributed by atoms with Gasteiger partial charge in [0.05, 0.1) is 5.69 Å². The fourth-order valence-electron chi connectivity index (χ4n) is 2.11. The summed E-state index contributed by atoms with van der Waals surface area (Å²) < 4.78 is 1.07. The van der Waals surface area contributed by atoms with Gasteiger partial charge in [-0.15, -0.1) is 0 Å². The Kier molecular flexibility index (Phi) is 4.55. The number of halogens is 1. The molecule has 0 amide bonds. The predicted octanol–water partition coefficient (Wildman–Crippen LogP) is 3.84. The third-order valence-corrected chi connectivity index (χ3v) is 3.90. The van der Waals surface area contributed by atoms with Crippen LogP contribution in [0.2, 0.25) is 0 Å². The molecule has 2 aromatic rings. The summed E-state index contributed by atoms with van der Waals surface area (Å²) in [5.74, 6) is 0.862. The standard InChI is InChI=1S/C16H20BrN3/c1-11-10-14(12-4-6-13(17)7-5-12)20-15(19-11)16(2,3)8-9-18/h4-7,10H,8-9,18H2,1-3H3. The van der Waals surface area contributed by atoms with Crippen molar-refractivity contribution in [3.8, 4) is 11.3 Å². The second-order valence-electron chi connectivity index (χ2n) is 5.65. The SMILES string of the molecule is Cc1cc(-c2ccc(Br)cc2)nc(C(C)(C)CCN)n1. The Morgan fingerprint density at radius 1 is 1.15 bits per heavy atom. The lowest BCUT2D eigenvalue weighted by Gasteiger charge is -2.23. The van der Waals surface area contributed by atoms with E-state index in [0.29, 0.717) is 6.54 Å². The summed E-state index contributed by atoms with van der Waals surface area (Å²) in [6.07, 6.45) is 0.871. The minimum atomic E-state index is -0.106. The van der Waals surface area contributed by atoms with Gasteiger partial charge in [0.25, 0.3) is 0 Å². The predicted molar refractivity (Wildman–Crippen MR) is 86.6 cm³/mol. The van der Waals surface area contributed by atoms with Gasteiger partial charge in [0, 0.05) is 21.1 Å². The van der Waals surface area contributed by atoms with E-state index in [9.17, 15) is 0 Å². The van der Waals surface area contributed by atoms with Gasteiger partial charge in [-0.25, -0.2) is 9.97 Å². The molecule has 0 unspecified atom stereocenters. The van der Waals surface area contributed by atoms with Crippen molar-refractivity contribution in [1.82, 2.24) is 9.97 Å². The van der Waals surface area contributed by atoms with E-state index in [1.807, 2.05) is 25.1 Å². The van der Waals surface area contributed by atoms with Crippen LogP contribution in [0, 0.1) is 6.92 Å². The number of rotatable bonds is 4. The van der Waals surface area contributed by atoms with Crippen molar-refractivity contribution in [1.29, 1.82) is 0 Å². The fraction of sp³-hybridized carbons (Fsp3) is 0.375. The molecular weight excluding hydrogens is 314 g/mol. The third-order valence-electron chi connectivity index (χ3n) is 3.37. The Morgan fingerprint density at radius 2 is 1.80 bits per heavy atom. The normalized spacial score (nSPS) is 11.7. The highest BCUT2D eigenvalue weighted by molar-refractivity contribution is 9.10. The number of nitrogens with two attached hydrogens (primary N) is 1. The molecule has 0 aliphatic heterocycles. The van der Waals surface area contributed by atoms with Crippen molar-refractivity contribution in [2.75, 3.05) is 6.54 Å². The molecule has 0 aliphatic carbocycles. The highest BCUT2D eigenvalue weighted by atomic mass is 79.9. The molecule has 0 saturated heterocycles. The number of aromatic nitrogens is 2. The molecule has 1 heterocycles. The topological polar surface area (TPSA) is 51.8 Å². The molecule has 1 aromatic carbocycles. The average Bonchev–Trinajstić information content (AvgIpc) is 2.38. The molecule has 0 aliphatic rings. The summed E-state index contributed by atoms with van der Waals surface area (Å²) in [7, 11) is 0. The molecule has 1 aromatic heterocycles. The van der Waals surface area contributed by atoms with Crippen molar-refractivity contribution in [3.63, 3.8) is 0 Å². The zero-order valence-corrected chi connectivity index (χ0v) is 13.7. The lowest BCUT2D eigenvalue weighted by Crippen LogP contribution is -2.25. The van der Waals surface area contributed by atoms with Crippen molar-refractivity contribution < 1.29 is 0 Å². The summed E-state index contributed by atoms with van der Waals surface area (Å²) in [6, 6.07) is 10.2. The van der Waals surface area contributed by atoms with Crippen LogP contribution in [-0.2, 0) is 5.41 Å². The number of hydrogen-bond acceptors (Lipinski definition) is 3. The lowest BCUT2D eigenvalue weighted by atomic mass is 9.88. The first-order valence-corrected chi connectivity index (χ1v) is 7.54. The van der Waals surface area contributed by atoms with Crippen LogP contribution in [0.25, 0.3) is 11.3 Å². The molecule has 2 rings (SSSR count). The summed E-state index contributed by atoms with van der Waals surface area (Å²) in [5.41, 5.74) is 8.64. The van der Waals surface area contributed by atoms with E-state index in [0.717, 1.165) is 33.7 Å². The molecule has 0 fully saturated rings. The summed E-state index contributed by atoms with van der Waals surface area (Å²) in [4.78, 5) is 9.33. The monoisotopic (exact) mass is 333 g/mol. The van der Waals surface area contributed by atoms with Crippen LogP contribution in [0.4, 0.5) is 0 Å². The van der Waals surface area contributed by atoms with Crippen LogP contribution < -0.4 is 5.73 Å². The first-order valence-electron chi connectivity index (χ1n) is 6.74. The second kappa shape index (κ2) is 6.02. The van der Waals surface area contributed by atoms with E-state index in [2.05, 4.69) is 46.9 Å². The first kappa shape index (κ1) is 15.1. The molecule has 0 bridgehead atoms.